The van der Waals surface area contributed by atoms with Crippen molar-refractivity contribution in [2.24, 2.45) is 0 Å². The number of carbonyl (C=O) groups is 1. The fraction of sp³-hybridized carbons (Fsp3) is 0.188. The van der Waals surface area contributed by atoms with Crippen molar-refractivity contribution in [3.05, 3.63) is 59.1 Å². The molecule has 3 heteroatoms. The Kier molecular flexibility index (Phi) is 4.23. The Bertz CT molecular complexity index is 576. The summed E-state index contributed by atoms with van der Waals surface area (Å²) in [6.45, 7) is 1.88. The van der Waals surface area contributed by atoms with Crippen LogP contribution in [0.2, 0.25) is 5.02 Å². The molecule has 0 saturated carbocycles. The normalized spacial score (nSPS) is 12.1. The van der Waals surface area contributed by atoms with Crippen LogP contribution in [0.5, 0.6) is 0 Å². The number of benzene rings is 2. The molecule has 0 radical (unpaired) electrons. The maximum absolute atomic E-state index is 11.1. The number of carboxylic acids is 1. The van der Waals surface area contributed by atoms with Crippen LogP contribution in [-0.2, 0) is 4.79 Å². The van der Waals surface area contributed by atoms with Crippen LogP contribution in [0.1, 0.15) is 24.8 Å². The zero-order chi connectivity index (χ0) is 13.8. The van der Waals surface area contributed by atoms with Crippen LogP contribution in [-0.4, -0.2) is 11.1 Å². The summed E-state index contributed by atoms with van der Waals surface area (Å²) >= 11 is 6.14. The molecular formula is C16H15ClO2. The van der Waals surface area contributed by atoms with Gasteiger partial charge < -0.3 is 5.11 Å². The monoisotopic (exact) mass is 274 g/mol. The number of hydrogen-bond acceptors (Lipinski definition) is 1. The van der Waals surface area contributed by atoms with Gasteiger partial charge in [-0.2, -0.15) is 0 Å². The Morgan fingerprint density at radius 2 is 1.79 bits per heavy atom. The third-order valence-corrected chi connectivity index (χ3v) is 3.53. The van der Waals surface area contributed by atoms with E-state index in [1.165, 1.54) is 0 Å². The van der Waals surface area contributed by atoms with Crippen LogP contribution in [0, 0.1) is 0 Å². The van der Waals surface area contributed by atoms with Crippen molar-refractivity contribution in [1.82, 2.24) is 0 Å². The number of hydrogen-bond donors (Lipinski definition) is 1. The highest BCUT2D eigenvalue weighted by molar-refractivity contribution is 6.33. The molecule has 2 aromatic carbocycles. The lowest BCUT2D eigenvalue weighted by Crippen LogP contribution is -2.10. The third-order valence-electron chi connectivity index (χ3n) is 3.20. The fourth-order valence-electron chi connectivity index (χ4n) is 2.14. The molecule has 0 aliphatic heterocycles. The quantitative estimate of drug-likeness (QED) is 0.886. The van der Waals surface area contributed by atoms with Crippen molar-refractivity contribution in [1.29, 1.82) is 0 Å². The average Bonchev–Trinajstić information content (AvgIpc) is 2.41. The standard InChI is InChI=1S/C16H15ClO2/c1-2-13(16(18)19)11-7-9-12(10-8-11)14-5-3-4-6-15(14)17/h3-10,13H,2H2,1H3,(H,18,19). The molecule has 0 amide bonds. The maximum atomic E-state index is 11.1. The molecule has 0 bridgehead atoms. The van der Waals surface area contributed by atoms with Gasteiger partial charge >= 0.3 is 5.97 Å². The minimum absolute atomic E-state index is 0.444. The largest absolute Gasteiger partial charge is 0.481 e. The van der Waals surface area contributed by atoms with Gasteiger partial charge in [0.2, 0.25) is 0 Å². The zero-order valence-electron chi connectivity index (χ0n) is 10.6. The Morgan fingerprint density at radius 3 is 2.32 bits per heavy atom. The number of carboxylic acid groups (broad SMARTS) is 1. The van der Waals surface area contributed by atoms with Gasteiger partial charge in [0.25, 0.3) is 0 Å². The van der Waals surface area contributed by atoms with Crippen LogP contribution >= 0.6 is 11.6 Å². The van der Waals surface area contributed by atoms with Crippen LogP contribution in [0.15, 0.2) is 48.5 Å². The highest BCUT2D eigenvalue weighted by Gasteiger charge is 2.17. The first kappa shape index (κ1) is 13.6. The van der Waals surface area contributed by atoms with Crippen LogP contribution in [0.4, 0.5) is 0 Å². The molecule has 1 atom stereocenters. The summed E-state index contributed by atoms with van der Waals surface area (Å²) in [6, 6.07) is 15.2. The molecule has 2 rings (SSSR count). The average molecular weight is 275 g/mol. The van der Waals surface area contributed by atoms with Crippen molar-refractivity contribution < 1.29 is 9.90 Å². The van der Waals surface area contributed by atoms with Gasteiger partial charge in [-0.3, -0.25) is 4.79 Å². The topological polar surface area (TPSA) is 37.3 Å². The highest BCUT2D eigenvalue weighted by Crippen LogP contribution is 2.29. The van der Waals surface area contributed by atoms with Crippen molar-refractivity contribution in [3.63, 3.8) is 0 Å². The minimum atomic E-state index is -0.784. The van der Waals surface area contributed by atoms with E-state index in [2.05, 4.69) is 0 Å². The van der Waals surface area contributed by atoms with Crippen LogP contribution in [0.25, 0.3) is 11.1 Å². The fourth-order valence-corrected chi connectivity index (χ4v) is 2.39. The summed E-state index contributed by atoms with van der Waals surface area (Å²) in [6.07, 6.45) is 0.584. The van der Waals surface area contributed by atoms with E-state index in [9.17, 15) is 4.79 Å². The number of halogens is 1. The van der Waals surface area contributed by atoms with Gasteiger partial charge in [0.05, 0.1) is 5.92 Å². The first-order chi connectivity index (χ1) is 9.13. The molecule has 0 spiro atoms. The maximum Gasteiger partial charge on any atom is 0.310 e. The van der Waals surface area contributed by atoms with Crippen molar-refractivity contribution in [3.8, 4) is 11.1 Å². The Morgan fingerprint density at radius 1 is 1.16 bits per heavy atom. The molecule has 0 saturated heterocycles. The smallest absolute Gasteiger partial charge is 0.310 e. The molecule has 1 unspecified atom stereocenters. The van der Waals surface area contributed by atoms with E-state index in [0.29, 0.717) is 11.4 Å². The molecule has 0 aromatic heterocycles. The molecule has 0 aliphatic rings. The second kappa shape index (κ2) is 5.89. The molecular weight excluding hydrogens is 260 g/mol. The predicted molar refractivity (Wildman–Crippen MR) is 77.6 cm³/mol. The Labute approximate surface area is 117 Å². The van der Waals surface area contributed by atoms with Crippen molar-refractivity contribution in [2.45, 2.75) is 19.3 Å². The van der Waals surface area contributed by atoms with Crippen molar-refractivity contribution >= 4 is 17.6 Å². The minimum Gasteiger partial charge on any atom is -0.481 e. The Balaban J connectivity index is 2.33. The second-order valence-corrected chi connectivity index (χ2v) is 4.81. The molecule has 19 heavy (non-hydrogen) atoms. The first-order valence-electron chi connectivity index (χ1n) is 6.21. The molecule has 98 valence electrons. The predicted octanol–water partition coefficient (Wildman–Crippen LogP) is 4.59. The van der Waals surface area contributed by atoms with Gasteiger partial charge in [0, 0.05) is 10.6 Å². The second-order valence-electron chi connectivity index (χ2n) is 4.40. The van der Waals surface area contributed by atoms with E-state index in [0.717, 1.165) is 16.7 Å². The van der Waals surface area contributed by atoms with E-state index in [4.69, 9.17) is 16.7 Å². The molecule has 0 fully saturated rings. The van der Waals surface area contributed by atoms with E-state index >= 15 is 0 Å². The Hall–Kier alpha value is -1.80. The number of aliphatic carboxylic acids is 1. The molecule has 2 aromatic rings. The van der Waals surface area contributed by atoms with Gasteiger partial charge in [-0.1, -0.05) is 61.0 Å². The van der Waals surface area contributed by atoms with Gasteiger partial charge in [-0.05, 0) is 23.6 Å². The van der Waals surface area contributed by atoms with Crippen LogP contribution in [0.3, 0.4) is 0 Å². The lowest BCUT2D eigenvalue weighted by atomic mass is 9.94. The zero-order valence-corrected chi connectivity index (χ0v) is 11.4. The first-order valence-corrected chi connectivity index (χ1v) is 6.59. The molecule has 0 aliphatic carbocycles. The molecule has 0 heterocycles. The van der Waals surface area contributed by atoms with E-state index < -0.39 is 11.9 Å². The van der Waals surface area contributed by atoms with Gasteiger partial charge in [-0.15, -0.1) is 0 Å². The molecule has 2 nitrogen and oxygen atoms in total. The van der Waals surface area contributed by atoms with Crippen molar-refractivity contribution in [2.75, 3.05) is 0 Å². The van der Waals surface area contributed by atoms with Gasteiger partial charge in [-0.25, -0.2) is 0 Å². The van der Waals surface area contributed by atoms with Crippen LogP contribution < -0.4 is 0 Å². The lowest BCUT2D eigenvalue weighted by molar-refractivity contribution is -0.138. The SMILES string of the molecule is CCC(C(=O)O)c1ccc(-c2ccccc2Cl)cc1. The summed E-state index contributed by atoms with van der Waals surface area (Å²) in [4.78, 5) is 11.1. The number of rotatable bonds is 4. The summed E-state index contributed by atoms with van der Waals surface area (Å²) in [7, 11) is 0. The van der Waals surface area contributed by atoms with Gasteiger partial charge in [0.1, 0.15) is 0 Å². The molecule has 1 N–H and O–H groups in total. The summed E-state index contributed by atoms with van der Waals surface area (Å²) in [5, 5.41) is 9.83. The van der Waals surface area contributed by atoms with Gasteiger partial charge in [0.15, 0.2) is 0 Å². The lowest BCUT2D eigenvalue weighted by Gasteiger charge is -2.11. The third kappa shape index (κ3) is 2.96. The summed E-state index contributed by atoms with van der Waals surface area (Å²) in [5.41, 5.74) is 2.78. The van der Waals surface area contributed by atoms with E-state index in [1.807, 2.05) is 55.5 Å². The van der Waals surface area contributed by atoms with E-state index in [1.54, 1.807) is 0 Å². The highest BCUT2D eigenvalue weighted by atomic mass is 35.5. The summed E-state index contributed by atoms with van der Waals surface area (Å²) < 4.78 is 0. The van der Waals surface area contributed by atoms with E-state index in [-0.39, 0.29) is 0 Å². The summed E-state index contributed by atoms with van der Waals surface area (Å²) in [5.74, 6) is -1.23.